The zero-order valence-electron chi connectivity index (χ0n) is 63.6. The van der Waals surface area contributed by atoms with Crippen LogP contribution in [0.4, 0.5) is 0 Å². The van der Waals surface area contributed by atoms with Crippen molar-refractivity contribution in [3.63, 3.8) is 0 Å². The Morgan fingerprint density at radius 2 is 0.286 bits per heavy atom. The van der Waals surface area contributed by atoms with Gasteiger partial charge in [0.05, 0.1) is 46.2 Å². The Kier molecular flexibility index (Phi) is 38.6. The van der Waals surface area contributed by atoms with Gasteiger partial charge in [0.25, 0.3) is 0 Å². The van der Waals surface area contributed by atoms with Gasteiger partial charge in [0.1, 0.15) is 171 Å². The summed E-state index contributed by atoms with van der Waals surface area (Å²) in [6, 6.07) is 0. The van der Waals surface area contributed by atoms with Gasteiger partial charge in [0, 0.05) is 92.5 Å². The van der Waals surface area contributed by atoms with E-state index in [1.807, 2.05) is 0 Å². The monoisotopic (exact) mass is 1530 g/mol. The van der Waals surface area contributed by atoms with Crippen LogP contribution < -0.4 is 0 Å². The second-order valence-corrected chi connectivity index (χ2v) is 26.0. The molecule has 616 valence electrons. The van der Waals surface area contributed by atoms with Crippen LogP contribution >= 0.6 is 0 Å². The lowest BCUT2D eigenvalue weighted by atomic mass is 9.94. The topological polar surface area (TPSA) is 400 Å². The fourth-order valence-corrected chi connectivity index (χ4v) is 14.5. The lowest BCUT2D eigenvalue weighted by Gasteiger charge is -2.51. The minimum atomic E-state index is -1.62. The maximum Gasteiger partial charge on any atom is 0.187 e. The first kappa shape index (κ1) is 89.2. The highest BCUT2D eigenvalue weighted by molar-refractivity contribution is 5.03. The standard InChI is InChI=1S/C70H126O35/c1-15-78-29-36-50-43(71)57(85-22-8)64(92-36)100-51-37(30-79-16-2)94-66(59(44(51)72)87-24-10)102-53-39(32-81-18-4)96-68(61(46(53)74)89-26-12)104-55-41(34-83-20-6)98-70(63(48(55)76)91-28-14)105-56-42(35-84-21-7)97-69(62(49(56)77)90-27-13)103-54-40(33-82-19-5)95-67(60(47(54)75)88-25-11)101-52-38(31-80-17-3)93-65(99-50)58(45(52)73)86-23-9/h36-77H,15-35H2,1-14H3/t36-,37-,38-,39-,40-,41-,42-,43+,44+,45+,46+,47+,48+,49+,50-,51-,52-,53-,54-,55-,56-,57-,58-,59-,60-,61-,62-,63+,64-,65-,66-,67-,68-,69-,70-/m0/s1. The smallest absolute Gasteiger partial charge is 0.187 e. The predicted molar refractivity (Wildman–Crippen MR) is 360 cm³/mol. The first-order valence-electron chi connectivity index (χ1n) is 38.2. The van der Waals surface area contributed by atoms with Gasteiger partial charge in [-0.05, 0) is 96.9 Å². The molecule has 105 heavy (non-hydrogen) atoms. The number of rotatable bonds is 35. The maximum atomic E-state index is 12.8. The zero-order valence-corrected chi connectivity index (χ0v) is 63.6. The summed E-state index contributed by atoms with van der Waals surface area (Å²) in [6.45, 7) is 24.5. The van der Waals surface area contributed by atoms with E-state index in [9.17, 15) is 35.7 Å². The van der Waals surface area contributed by atoms with Crippen molar-refractivity contribution in [2.45, 2.75) is 312 Å². The van der Waals surface area contributed by atoms with Crippen LogP contribution in [0.5, 0.6) is 0 Å². The van der Waals surface area contributed by atoms with Gasteiger partial charge in [0.15, 0.2) is 44.0 Å². The van der Waals surface area contributed by atoms with Crippen LogP contribution in [0.2, 0.25) is 0 Å². The van der Waals surface area contributed by atoms with Crippen molar-refractivity contribution >= 4 is 0 Å². The van der Waals surface area contributed by atoms with Crippen LogP contribution in [0.3, 0.4) is 0 Å². The van der Waals surface area contributed by atoms with Crippen LogP contribution in [0, 0.1) is 0 Å². The molecule has 35 nitrogen and oxygen atoms in total. The highest BCUT2D eigenvalue weighted by Gasteiger charge is 2.61. The van der Waals surface area contributed by atoms with Crippen molar-refractivity contribution in [2.75, 3.05) is 139 Å². The molecular formula is C70H126O35. The molecule has 0 spiro atoms. The molecule has 0 amide bonds. The Balaban J connectivity index is 1.25. The molecule has 0 aromatic heterocycles. The normalized spacial score (nSPS) is 43.8. The minimum Gasteiger partial charge on any atom is -0.387 e. The molecular weight excluding hydrogens is 1400 g/mol. The van der Waals surface area contributed by atoms with Gasteiger partial charge in [-0.15, -0.1) is 0 Å². The van der Waals surface area contributed by atoms with E-state index in [4.69, 9.17) is 133 Å². The van der Waals surface area contributed by atoms with Gasteiger partial charge in [-0.2, -0.15) is 0 Å². The fourth-order valence-electron chi connectivity index (χ4n) is 14.5. The van der Waals surface area contributed by atoms with Crippen molar-refractivity contribution < 1.29 is 168 Å². The maximum absolute atomic E-state index is 12.8. The molecule has 21 aliphatic rings. The summed E-state index contributed by atoms with van der Waals surface area (Å²) >= 11 is 0. The lowest BCUT2D eigenvalue weighted by Crippen LogP contribution is -2.69. The summed E-state index contributed by atoms with van der Waals surface area (Å²) < 4.78 is 181. The summed E-state index contributed by atoms with van der Waals surface area (Å²) in [4.78, 5) is 0. The summed E-state index contributed by atoms with van der Waals surface area (Å²) in [5.41, 5.74) is 0. The first-order valence-corrected chi connectivity index (χ1v) is 38.2. The third kappa shape index (κ3) is 22.3. The van der Waals surface area contributed by atoms with Crippen LogP contribution in [0.25, 0.3) is 0 Å². The third-order valence-electron chi connectivity index (χ3n) is 19.3. The first-order chi connectivity index (χ1) is 50.9. The fraction of sp³-hybridized carbons (Fsp3) is 1.00. The quantitative estimate of drug-likeness (QED) is 0.0416. The summed E-state index contributed by atoms with van der Waals surface area (Å²) in [6.07, 6.45) is -49.4. The van der Waals surface area contributed by atoms with Crippen LogP contribution in [-0.4, -0.2) is 389 Å². The summed E-state index contributed by atoms with van der Waals surface area (Å²) in [5.74, 6) is 0. The second-order valence-electron chi connectivity index (χ2n) is 26.0. The van der Waals surface area contributed by atoms with Crippen molar-refractivity contribution in [1.29, 1.82) is 0 Å². The van der Waals surface area contributed by atoms with Gasteiger partial charge in [-0.3, -0.25) is 0 Å². The average molecular weight is 1530 g/mol. The van der Waals surface area contributed by atoms with Gasteiger partial charge in [-0.1, -0.05) is 0 Å². The molecule has 35 atom stereocenters. The molecule has 0 aromatic rings. The zero-order chi connectivity index (χ0) is 75.9. The average Bonchev–Trinajstić information content (AvgIpc) is 0.786. The molecule has 0 unspecified atom stereocenters. The Morgan fingerprint density at radius 1 is 0.171 bits per heavy atom. The third-order valence-corrected chi connectivity index (χ3v) is 19.3. The SMILES string of the molecule is CCOC[C@@H]1O[C@H]2O[C@@H]3[C@@H](O)[C@H](OCC)[C@H](O[C@@H]4[C@@H](O)[C@H](OCC)[C@H](O[C@@H]5[C@@H](O)[C@H](OCC)[C@H](O[C@@H]6[C@@H](O)[C@H](OCC)[C@H](O[C@@H]7[C@@H](O)[C@H](OCC)[C@H](O[C@@H]8[C@@H](O)[C@H](OCC)[C@H](O[C@@H]1[C@@H](O)[C@H]2OCC)O[C@H]8COCC)O[C@H]7COCC)O[C@H]6COCC)O[C@H]5COCC)O[C@H]4COCC)O[C@H]3COCC. The van der Waals surface area contributed by atoms with Crippen molar-refractivity contribution in [1.82, 2.24) is 0 Å². The molecule has 21 aliphatic heterocycles. The Labute approximate surface area is 617 Å². The number of aliphatic hydroxyl groups is 7. The predicted octanol–water partition coefficient (Wildman–Crippen LogP) is -0.612. The minimum absolute atomic E-state index is 0.0159. The van der Waals surface area contributed by atoms with Crippen LogP contribution in [0.1, 0.15) is 96.9 Å². The number of hydrogen-bond acceptors (Lipinski definition) is 35. The Morgan fingerprint density at radius 3 is 0.381 bits per heavy atom. The molecule has 0 aliphatic carbocycles. The van der Waals surface area contributed by atoms with E-state index in [1.54, 1.807) is 96.9 Å². The molecule has 21 saturated heterocycles. The molecule has 35 heteroatoms. The molecule has 21 rings (SSSR count). The van der Waals surface area contributed by atoms with Crippen LogP contribution in [0.15, 0.2) is 0 Å². The van der Waals surface area contributed by atoms with E-state index in [2.05, 4.69) is 0 Å². The van der Waals surface area contributed by atoms with Crippen molar-refractivity contribution in [3.8, 4) is 0 Å². The summed E-state index contributed by atoms with van der Waals surface area (Å²) in [7, 11) is 0. The Hall–Kier alpha value is -1.40. The largest absolute Gasteiger partial charge is 0.387 e. The van der Waals surface area contributed by atoms with Gasteiger partial charge < -0.3 is 168 Å². The van der Waals surface area contributed by atoms with E-state index in [0.717, 1.165) is 0 Å². The van der Waals surface area contributed by atoms with Gasteiger partial charge in [-0.25, -0.2) is 0 Å². The Bertz CT molecular complexity index is 1890. The van der Waals surface area contributed by atoms with E-state index < -0.39 is 215 Å². The van der Waals surface area contributed by atoms with E-state index >= 15 is 0 Å². The lowest BCUT2D eigenvalue weighted by molar-refractivity contribution is -0.402. The van der Waals surface area contributed by atoms with E-state index in [-0.39, 0.29) is 139 Å². The number of hydrogen-bond donors (Lipinski definition) is 7. The van der Waals surface area contributed by atoms with Gasteiger partial charge >= 0.3 is 0 Å². The van der Waals surface area contributed by atoms with Crippen LogP contribution in [-0.2, 0) is 133 Å². The number of aliphatic hydroxyl groups excluding tert-OH is 7. The summed E-state index contributed by atoms with van der Waals surface area (Å²) in [5, 5.41) is 89.7. The van der Waals surface area contributed by atoms with E-state index in [1.165, 1.54) is 0 Å². The highest BCUT2D eigenvalue weighted by atomic mass is 16.8. The molecule has 0 radical (unpaired) electrons. The molecule has 0 aromatic carbocycles. The molecule has 14 bridgehead atoms. The van der Waals surface area contributed by atoms with Gasteiger partial charge in [0.2, 0.25) is 0 Å². The molecule has 21 heterocycles. The molecule has 21 fully saturated rings. The second kappa shape index (κ2) is 45.5. The highest BCUT2D eigenvalue weighted by Crippen LogP contribution is 2.42. The molecule has 0 saturated carbocycles. The van der Waals surface area contributed by atoms with Crippen molar-refractivity contribution in [3.05, 3.63) is 0 Å². The van der Waals surface area contributed by atoms with E-state index in [0.29, 0.717) is 0 Å². The molecule has 7 N–H and O–H groups in total. The van der Waals surface area contributed by atoms with Crippen molar-refractivity contribution in [2.24, 2.45) is 0 Å². The number of ether oxygens (including phenoxy) is 28.